The van der Waals surface area contributed by atoms with Crippen LogP contribution in [0.25, 0.3) is 0 Å². The van der Waals surface area contributed by atoms with Gasteiger partial charge in [0.1, 0.15) is 23.4 Å². The Kier molecular flexibility index (Phi) is 12.7. The fourth-order valence-corrected chi connectivity index (χ4v) is 4.27. The molecular formula is C32H45N3O5. The molecule has 8 heteroatoms. The van der Waals surface area contributed by atoms with Gasteiger partial charge >= 0.3 is 6.09 Å². The highest BCUT2D eigenvalue weighted by Gasteiger charge is 2.35. The van der Waals surface area contributed by atoms with Gasteiger partial charge in [0, 0.05) is 19.5 Å². The SMILES string of the molecule is C=CCN(C(=O)C(Cc1ccc(O)cc1)NC(=O)OC(C)(C)C)C(C(=O)NCCCCC)c1ccc(CC)cc1. The first kappa shape index (κ1) is 32.4. The van der Waals surface area contributed by atoms with Gasteiger partial charge in [-0.15, -0.1) is 6.58 Å². The number of phenolic OH excluding ortho intramolecular Hbond substituents is 1. The molecule has 0 aromatic heterocycles. The molecule has 3 amide bonds. The number of nitrogens with one attached hydrogen (secondary N) is 2. The van der Waals surface area contributed by atoms with Crippen molar-refractivity contribution in [2.24, 2.45) is 0 Å². The van der Waals surface area contributed by atoms with E-state index in [1.54, 1.807) is 39.0 Å². The molecule has 0 bridgehead atoms. The zero-order valence-electron chi connectivity index (χ0n) is 24.5. The summed E-state index contributed by atoms with van der Waals surface area (Å²) >= 11 is 0. The van der Waals surface area contributed by atoms with E-state index in [-0.39, 0.29) is 24.6 Å². The minimum absolute atomic E-state index is 0.0868. The van der Waals surface area contributed by atoms with Crippen molar-refractivity contribution in [2.75, 3.05) is 13.1 Å². The molecule has 40 heavy (non-hydrogen) atoms. The Morgan fingerprint density at radius 3 is 2.17 bits per heavy atom. The number of alkyl carbamates (subject to hydrolysis) is 1. The van der Waals surface area contributed by atoms with Crippen LogP contribution in [-0.4, -0.2) is 52.6 Å². The van der Waals surface area contributed by atoms with Crippen molar-refractivity contribution in [3.63, 3.8) is 0 Å². The van der Waals surface area contributed by atoms with E-state index in [2.05, 4.69) is 31.1 Å². The minimum atomic E-state index is -1.04. The van der Waals surface area contributed by atoms with E-state index in [0.717, 1.165) is 36.8 Å². The van der Waals surface area contributed by atoms with Crippen LogP contribution in [0.2, 0.25) is 0 Å². The fourth-order valence-electron chi connectivity index (χ4n) is 4.27. The third-order valence-electron chi connectivity index (χ3n) is 6.32. The van der Waals surface area contributed by atoms with Gasteiger partial charge in [-0.05, 0) is 62.4 Å². The molecule has 8 nitrogen and oxygen atoms in total. The summed E-state index contributed by atoms with van der Waals surface area (Å²) in [5, 5.41) is 15.4. The second-order valence-electron chi connectivity index (χ2n) is 10.8. The third-order valence-corrected chi connectivity index (χ3v) is 6.32. The Balaban J connectivity index is 2.48. The van der Waals surface area contributed by atoms with Crippen molar-refractivity contribution < 1.29 is 24.2 Å². The Labute approximate surface area is 238 Å². The first-order valence-electron chi connectivity index (χ1n) is 14.0. The number of phenols is 1. The van der Waals surface area contributed by atoms with Crippen molar-refractivity contribution >= 4 is 17.9 Å². The Hall–Kier alpha value is -3.81. The molecule has 0 aliphatic heterocycles. The number of rotatable bonds is 14. The number of carbonyl (C=O) groups excluding carboxylic acids is 3. The monoisotopic (exact) mass is 551 g/mol. The van der Waals surface area contributed by atoms with Crippen LogP contribution in [0.4, 0.5) is 4.79 Å². The number of ether oxygens (including phenoxy) is 1. The molecule has 0 saturated heterocycles. The first-order valence-corrected chi connectivity index (χ1v) is 14.0. The lowest BCUT2D eigenvalue weighted by Gasteiger charge is -2.34. The van der Waals surface area contributed by atoms with Crippen LogP contribution in [0.1, 0.15) is 76.6 Å². The topological polar surface area (TPSA) is 108 Å². The number of aromatic hydroxyl groups is 1. The molecule has 3 N–H and O–H groups in total. The van der Waals surface area contributed by atoms with Crippen LogP contribution in [0.15, 0.2) is 61.2 Å². The van der Waals surface area contributed by atoms with Gasteiger partial charge in [0.25, 0.3) is 0 Å². The number of unbranched alkanes of at least 4 members (excludes halogenated alkanes) is 2. The molecule has 0 aliphatic carbocycles. The number of amides is 3. The van der Waals surface area contributed by atoms with Gasteiger partial charge in [0.05, 0.1) is 0 Å². The van der Waals surface area contributed by atoms with E-state index in [4.69, 9.17) is 4.74 Å². The first-order chi connectivity index (χ1) is 19.0. The summed E-state index contributed by atoms with van der Waals surface area (Å²) in [5.41, 5.74) is 1.74. The molecule has 0 fully saturated rings. The largest absolute Gasteiger partial charge is 0.508 e. The molecule has 0 spiro atoms. The van der Waals surface area contributed by atoms with Crippen LogP contribution in [0, 0.1) is 0 Å². The third kappa shape index (κ3) is 10.4. The van der Waals surface area contributed by atoms with Crippen LogP contribution in [-0.2, 0) is 27.2 Å². The van der Waals surface area contributed by atoms with Gasteiger partial charge in [-0.1, -0.05) is 69.2 Å². The molecule has 2 unspecified atom stereocenters. The van der Waals surface area contributed by atoms with E-state index in [1.165, 1.54) is 17.0 Å². The molecule has 2 aromatic rings. The molecular weight excluding hydrogens is 506 g/mol. The summed E-state index contributed by atoms with van der Waals surface area (Å²) in [7, 11) is 0. The summed E-state index contributed by atoms with van der Waals surface area (Å²) in [5.74, 6) is -0.654. The number of carbonyl (C=O) groups is 3. The lowest BCUT2D eigenvalue weighted by Crippen LogP contribution is -2.54. The quantitative estimate of drug-likeness (QED) is 0.214. The molecule has 0 radical (unpaired) electrons. The zero-order chi connectivity index (χ0) is 29.7. The average Bonchev–Trinajstić information content (AvgIpc) is 2.90. The van der Waals surface area contributed by atoms with Gasteiger partial charge in [-0.3, -0.25) is 9.59 Å². The van der Waals surface area contributed by atoms with Crippen molar-refractivity contribution in [3.05, 3.63) is 77.9 Å². The molecule has 2 rings (SSSR count). The Morgan fingerprint density at radius 2 is 1.62 bits per heavy atom. The molecule has 0 heterocycles. The number of hydrogen-bond acceptors (Lipinski definition) is 5. The maximum absolute atomic E-state index is 14.2. The zero-order valence-corrected chi connectivity index (χ0v) is 24.5. The van der Waals surface area contributed by atoms with Gasteiger partial charge in [0.2, 0.25) is 11.8 Å². The number of aryl methyl sites for hydroxylation is 1. The highest BCUT2D eigenvalue weighted by Crippen LogP contribution is 2.24. The summed E-state index contributed by atoms with van der Waals surface area (Å²) in [4.78, 5) is 42.1. The van der Waals surface area contributed by atoms with Crippen LogP contribution in [0.3, 0.4) is 0 Å². The lowest BCUT2D eigenvalue weighted by molar-refractivity contribution is -0.141. The van der Waals surface area contributed by atoms with Crippen LogP contribution in [0.5, 0.6) is 5.75 Å². The molecule has 218 valence electrons. The lowest BCUT2D eigenvalue weighted by atomic mass is 9.99. The number of benzene rings is 2. The predicted octanol–water partition coefficient (Wildman–Crippen LogP) is 5.45. The summed E-state index contributed by atoms with van der Waals surface area (Å²) in [6.07, 6.45) is 4.65. The molecule has 2 aromatic carbocycles. The van der Waals surface area contributed by atoms with E-state index < -0.39 is 29.7 Å². The maximum atomic E-state index is 14.2. The Morgan fingerprint density at radius 1 is 1.00 bits per heavy atom. The molecule has 2 atom stereocenters. The number of nitrogens with zero attached hydrogens (tertiary/aromatic N) is 1. The van der Waals surface area contributed by atoms with E-state index in [0.29, 0.717) is 12.1 Å². The van der Waals surface area contributed by atoms with E-state index >= 15 is 0 Å². The highest BCUT2D eigenvalue weighted by molar-refractivity contribution is 5.92. The fraction of sp³-hybridized carbons (Fsp3) is 0.469. The normalized spacial score (nSPS) is 12.6. The van der Waals surface area contributed by atoms with Crippen molar-refractivity contribution in [3.8, 4) is 5.75 Å². The van der Waals surface area contributed by atoms with Gasteiger partial charge in [0.15, 0.2) is 0 Å². The highest BCUT2D eigenvalue weighted by atomic mass is 16.6. The van der Waals surface area contributed by atoms with E-state index in [9.17, 15) is 19.5 Å². The second-order valence-corrected chi connectivity index (χ2v) is 10.8. The summed E-state index contributed by atoms with van der Waals surface area (Å²) < 4.78 is 5.45. The maximum Gasteiger partial charge on any atom is 0.408 e. The number of hydrogen-bond donors (Lipinski definition) is 3. The average molecular weight is 552 g/mol. The summed E-state index contributed by atoms with van der Waals surface area (Å²) in [6, 6.07) is 12.1. The van der Waals surface area contributed by atoms with Crippen molar-refractivity contribution in [1.82, 2.24) is 15.5 Å². The minimum Gasteiger partial charge on any atom is -0.508 e. The van der Waals surface area contributed by atoms with Crippen LogP contribution < -0.4 is 10.6 Å². The summed E-state index contributed by atoms with van der Waals surface area (Å²) in [6.45, 7) is 13.8. The van der Waals surface area contributed by atoms with Crippen LogP contribution >= 0.6 is 0 Å². The molecule has 0 aliphatic rings. The van der Waals surface area contributed by atoms with Gasteiger partial charge in [-0.25, -0.2) is 4.79 Å². The Bertz CT molecular complexity index is 1110. The van der Waals surface area contributed by atoms with Crippen molar-refractivity contribution in [1.29, 1.82) is 0 Å². The van der Waals surface area contributed by atoms with Gasteiger partial charge < -0.3 is 25.4 Å². The smallest absolute Gasteiger partial charge is 0.408 e. The molecule has 0 saturated carbocycles. The van der Waals surface area contributed by atoms with E-state index in [1.807, 2.05) is 24.3 Å². The van der Waals surface area contributed by atoms with Crippen molar-refractivity contribution in [2.45, 2.75) is 84.4 Å². The predicted molar refractivity (Wildman–Crippen MR) is 158 cm³/mol. The van der Waals surface area contributed by atoms with Gasteiger partial charge in [-0.2, -0.15) is 0 Å². The standard InChI is InChI=1S/C32H45N3O5/c1-7-10-11-20-33-29(37)28(25-16-12-23(9-3)13-17-25)35(21-8-2)30(38)27(34-31(39)40-32(4,5)6)22-24-14-18-26(36)19-15-24/h8,12-19,27-28,36H,2,7,9-11,20-22H2,1,3-6H3,(H,33,37)(H,34,39). The second kappa shape index (κ2) is 15.7.